The van der Waals surface area contributed by atoms with E-state index in [9.17, 15) is 9.59 Å². The molecule has 3 aromatic rings. The van der Waals surface area contributed by atoms with Gasteiger partial charge in [-0.1, -0.05) is 60.7 Å². The number of hydrogen-bond acceptors (Lipinski definition) is 5. The van der Waals surface area contributed by atoms with E-state index in [4.69, 9.17) is 9.47 Å². The number of urea groups is 1. The molecule has 2 aliphatic rings. The Morgan fingerprint density at radius 1 is 0.763 bits per heavy atom. The normalized spacial score (nSPS) is 16.3. The number of rotatable bonds is 8. The Bertz CT molecular complexity index is 1210. The standard InChI is InChI=1S/C30H34N4O4/c1-37-26-14-13-25(21-27(26)38-2)34-20-19-33(30(34)36)22-28(35)31-15-17-32(18-16-31)29(23-9-5-3-6-10-23)24-11-7-4-8-12-24/h3-14,21,29H,15-20,22H2,1-2H3. The first-order chi connectivity index (χ1) is 18.6. The third kappa shape index (κ3) is 5.31. The van der Waals surface area contributed by atoms with Crippen LogP contribution < -0.4 is 14.4 Å². The Kier molecular flexibility index (Phi) is 7.79. The molecule has 0 atom stereocenters. The van der Waals surface area contributed by atoms with Gasteiger partial charge in [0.15, 0.2) is 11.5 Å². The first kappa shape index (κ1) is 25.6. The minimum Gasteiger partial charge on any atom is -0.493 e. The lowest BCUT2D eigenvalue weighted by Gasteiger charge is -2.40. The highest BCUT2D eigenvalue weighted by Gasteiger charge is 2.34. The summed E-state index contributed by atoms with van der Waals surface area (Å²) >= 11 is 0. The summed E-state index contributed by atoms with van der Waals surface area (Å²) < 4.78 is 10.7. The van der Waals surface area contributed by atoms with Crippen molar-refractivity contribution < 1.29 is 19.1 Å². The topological polar surface area (TPSA) is 65.6 Å². The van der Waals surface area contributed by atoms with Crippen LogP contribution in [0.25, 0.3) is 0 Å². The third-order valence-electron chi connectivity index (χ3n) is 7.36. The van der Waals surface area contributed by atoms with Crippen molar-refractivity contribution >= 4 is 17.6 Å². The number of nitrogens with zero attached hydrogens (tertiary/aromatic N) is 4. The van der Waals surface area contributed by atoms with Gasteiger partial charge in [-0.25, -0.2) is 4.79 Å². The summed E-state index contributed by atoms with van der Waals surface area (Å²) in [5, 5.41) is 0. The molecule has 0 unspecified atom stereocenters. The van der Waals surface area contributed by atoms with Crippen LogP contribution in [0.1, 0.15) is 17.2 Å². The zero-order chi connectivity index (χ0) is 26.5. The zero-order valence-corrected chi connectivity index (χ0v) is 22.0. The molecule has 5 rings (SSSR count). The molecule has 0 saturated carbocycles. The predicted molar refractivity (Wildman–Crippen MR) is 147 cm³/mol. The second-order valence-electron chi connectivity index (χ2n) is 9.54. The lowest BCUT2D eigenvalue weighted by Crippen LogP contribution is -2.52. The van der Waals surface area contributed by atoms with Gasteiger partial charge in [0, 0.05) is 51.0 Å². The Labute approximate surface area is 224 Å². The van der Waals surface area contributed by atoms with E-state index in [1.54, 1.807) is 36.2 Å². The maximum atomic E-state index is 13.2. The molecule has 2 aliphatic heterocycles. The van der Waals surface area contributed by atoms with Gasteiger partial charge >= 0.3 is 6.03 Å². The van der Waals surface area contributed by atoms with Crippen LogP contribution in [0.5, 0.6) is 11.5 Å². The molecular formula is C30H34N4O4. The summed E-state index contributed by atoms with van der Waals surface area (Å²) in [6.07, 6.45) is 0. The fourth-order valence-corrected chi connectivity index (χ4v) is 5.34. The molecule has 198 valence electrons. The SMILES string of the molecule is COc1ccc(N2CCN(CC(=O)N3CCN(C(c4ccccc4)c4ccccc4)CC3)C2=O)cc1OC. The van der Waals surface area contributed by atoms with Crippen molar-refractivity contribution in [2.24, 2.45) is 0 Å². The monoisotopic (exact) mass is 514 g/mol. The minimum absolute atomic E-state index is 0.0110. The molecule has 0 N–H and O–H groups in total. The predicted octanol–water partition coefficient (Wildman–Crippen LogP) is 3.88. The van der Waals surface area contributed by atoms with Crippen LogP contribution in [0.3, 0.4) is 0 Å². The number of anilines is 1. The van der Waals surface area contributed by atoms with Crippen LogP contribution in [0.2, 0.25) is 0 Å². The van der Waals surface area contributed by atoms with Crippen molar-refractivity contribution in [2.45, 2.75) is 6.04 Å². The van der Waals surface area contributed by atoms with Gasteiger partial charge in [-0.15, -0.1) is 0 Å². The molecule has 8 heteroatoms. The molecule has 2 saturated heterocycles. The fraction of sp³-hybridized carbons (Fsp3) is 0.333. The van der Waals surface area contributed by atoms with Crippen molar-refractivity contribution in [3.8, 4) is 11.5 Å². The number of ether oxygens (including phenoxy) is 2. The van der Waals surface area contributed by atoms with E-state index >= 15 is 0 Å². The minimum atomic E-state index is -0.169. The van der Waals surface area contributed by atoms with Gasteiger partial charge < -0.3 is 19.3 Å². The second-order valence-corrected chi connectivity index (χ2v) is 9.54. The molecule has 2 heterocycles. The Hall–Kier alpha value is -4.04. The molecule has 0 aliphatic carbocycles. The average molecular weight is 515 g/mol. The van der Waals surface area contributed by atoms with Gasteiger partial charge in [0.25, 0.3) is 0 Å². The summed E-state index contributed by atoms with van der Waals surface area (Å²) in [5.74, 6) is 1.16. The number of carbonyl (C=O) groups excluding carboxylic acids is 2. The molecule has 2 fully saturated rings. The second kappa shape index (κ2) is 11.6. The molecule has 0 radical (unpaired) electrons. The van der Waals surface area contributed by atoms with E-state index in [2.05, 4.69) is 53.4 Å². The number of methoxy groups -OCH3 is 2. The van der Waals surface area contributed by atoms with Gasteiger partial charge in [0.1, 0.15) is 6.54 Å². The van der Waals surface area contributed by atoms with Crippen molar-refractivity contribution in [1.29, 1.82) is 0 Å². The molecular weight excluding hydrogens is 480 g/mol. The van der Waals surface area contributed by atoms with Crippen LogP contribution in [-0.4, -0.2) is 86.7 Å². The van der Waals surface area contributed by atoms with Crippen molar-refractivity contribution in [3.63, 3.8) is 0 Å². The van der Waals surface area contributed by atoms with E-state index in [0.29, 0.717) is 37.7 Å². The van der Waals surface area contributed by atoms with Crippen LogP contribution in [0.4, 0.5) is 10.5 Å². The van der Waals surface area contributed by atoms with Crippen molar-refractivity contribution in [1.82, 2.24) is 14.7 Å². The first-order valence-electron chi connectivity index (χ1n) is 13.0. The molecule has 8 nitrogen and oxygen atoms in total. The summed E-state index contributed by atoms with van der Waals surface area (Å²) in [6, 6.07) is 26.4. The van der Waals surface area contributed by atoms with E-state index in [0.717, 1.165) is 18.8 Å². The Morgan fingerprint density at radius 2 is 1.37 bits per heavy atom. The van der Waals surface area contributed by atoms with Crippen molar-refractivity contribution in [2.75, 3.05) is 64.9 Å². The average Bonchev–Trinajstić information content (AvgIpc) is 3.33. The van der Waals surface area contributed by atoms with Crippen LogP contribution in [0.15, 0.2) is 78.9 Å². The summed E-state index contributed by atoms with van der Waals surface area (Å²) in [7, 11) is 3.15. The highest BCUT2D eigenvalue weighted by Crippen LogP contribution is 2.33. The lowest BCUT2D eigenvalue weighted by atomic mass is 9.96. The maximum absolute atomic E-state index is 13.2. The van der Waals surface area contributed by atoms with Gasteiger partial charge in [0.05, 0.1) is 20.3 Å². The van der Waals surface area contributed by atoms with Gasteiger partial charge in [-0.3, -0.25) is 14.6 Å². The highest BCUT2D eigenvalue weighted by molar-refractivity contribution is 5.96. The van der Waals surface area contributed by atoms with Crippen molar-refractivity contribution in [3.05, 3.63) is 90.0 Å². The van der Waals surface area contributed by atoms with E-state index in [1.807, 2.05) is 23.1 Å². The summed E-state index contributed by atoms with van der Waals surface area (Å²) in [6.45, 7) is 3.92. The first-order valence-corrected chi connectivity index (χ1v) is 13.0. The Morgan fingerprint density at radius 3 is 1.95 bits per heavy atom. The van der Waals surface area contributed by atoms with Gasteiger partial charge in [-0.05, 0) is 23.3 Å². The molecule has 0 bridgehead atoms. The van der Waals surface area contributed by atoms with Crippen LogP contribution >= 0.6 is 0 Å². The zero-order valence-electron chi connectivity index (χ0n) is 22.0. The largest absolute Gasteiger partial charge is 0.493 e. The fourth-order valence-electron chi connectivity index (χ4n) is 5.34. The number of carbonyl (C=O) groups is 2. The van der Waals surface area contributed by atoms with Crippen LogP contribution in [-0.2, 0) is 4.79 Å². The van der Waals surface area contributed by atoms with Gasteiger partial charge in [0.2, 0.25) is 5.91 Å². The quantitative estimate of drug-likeness (QED) is 0.457. The number of hydrogen-bond donors (Lipinski definition) is 0. The summed E-state index contributed by atoms with van der Waals surface area (Å²) in [4.78, 5) is 34.0. The molecule has 3 aromatic carbocycles. The molecule has 0 spiro atoms. The molecule has 3 amide bonds. The maximum Gasteiger partial charge on any atom is 0.325 e. The van der Waals surface area contributed by atoms with E-state index < -0.39 is 0 Å². The van der Waals surface area contributed by atoms with E-state index in [1.165, 1.54) is 11.1 Å². The molecule has 0 aromatic heterocycles. The Balaban J connectivity index is 1.20. The lowest BCUT2D eigenvalue weighted by molar-refractivity contribution is -0.133. The molecule has 38 heavy (non-hydrogen) atoms. The smallest absolute Gasteiger partial charge is 0.325 e. The van der Waals surface area contributed by atoms with Crippen LogP contribution in [0, 0.1) is 0 Å². The third-order valence-corrected chi connectivity index (χ3v) is 7.36. The van der Waals surface area contributed by atoms with Gasteiger partial charge in [-0.2, -0.15) is 0 Å². The summed E-state index contributed by atoms with van der Waals surface area (Å²) in [5.41, 5.74) is 3.22. The van der Waals surface area contributed by atoms with E-state index in [-0.39, 0.29) is 24.5 Å². The number of amides is 3. The number of piperazine rings is 1. The number of benzene rings is 3. The highest BCUT2D eigenvalue weighted by atomic mass is 16.5.